The monoisotopic (exact) mass is 382 g/mol. The summed E-state index contributed by atoms with van der Waals surface area (Å²) in [5.74, 6) is -1.00. The summed E-state index contributed by atoms with van der Waals surface area (Å²) in [6, 6.07) is 17.9. The predicted octanol–water partition coefficient (Wildman–Crippen LogP) is 4.64. The maximum absolute atomic E-state index is 13.4. The van der Waals surface area contributed by atoms with Gasteiger partial charge in [-0.2, -0.15) is 0 Å². The summed E-state index contributed by atoms with van der Waals surface area (Å²) in [6.45, 7) is 5.25. The topological polar surface area (TPSA) is 75.3 Å². The van der Waals surface area contributed by atoms with Crippen LogP contribution < -0.4 is 10.6 Å². The minimum atomic E-state index is -0.446. The Kier molecular flexibility index (Phi) is 4.56. The molecule has 4 rings (SSSR count). The first-order valence-electron chi connectivity index (χ1n) is 9.12. The van der Waals surface area contributed by atoms with Crippen LogP contribution in [0.25, 0.3) is 0 Å². The lowest BCUT2D eigenvalue weighted by Gasteiger charge is -2.25. The molecule has 0 saturated heterocycles. The molecule has 0 unspecified atom stereocenters. The number of amides is 1. The normalized spacial score (nSPS) is 12.0. The average molecular weight is 382 g/mol. The minimum Gasteiger partial charge on any atom is -0.355 e. The highest BCUT2D eigenvalue weighted by Gasteiger charge is 2.35. The second kappa shape index (κ2) is 7.20. The number of aryl methyl sites for hydroxylation is 1. The summed E-state index contributed by atoms with van der Waals surface area (Å²) in [7, 11) is 0. The number of carbonyl (C=O) groups is 3. The molecule has 29 heavy (non-hydrogen) atoms. The lowest BCUT2D eigenvalue weighted by Crippen LogP contribution is -2.25. The molecule has 142 valence electrons. The number of carbonyl (C=O) groups excluding carboxylic acids is 3. The van der Waals surface area contributed by atoms with Crippen molar-refractivity contribution in [3.63, 3.8) is 0 Å². The molecule has 1 amide bonds. The van der Waals surface area contributed by atoms with Gasteiger partial charge in [0, 0.05) is 16.8 Å². The Labute approximate surface area is 168 Å². The minimum absolute atomic E-state index is 0.197. The van der Waals surface area contributed by atoms with Gasteiger partial charge in [-0.25, -0.2) is 0 Å². The van der Waals surface area contributed by atoms with Gasteiger partial charge in [0.2, 0.25) is 5.91 Å². The van der Waals surface area contributed by atoms with Crippen LogP contribution in [0.5, 0.6) is 0 Å². The molecule has 5 nitrogen and oxygen atoms in total. The van der Waals surface area contributed by atoms with Crippen LogP contribution in [0.1, 0.15) is 37.4 Å². The number of nitrogens with one attached hydrogen (secondary N) is 2. The van der Waals surface area contributed by atoms with Crippen LogP contribution in [0.3, 0.4) is 0 Å². The Hall–Kier alpha value is -3.99. The van der Waals surface area contributed by atoms with E-state index in [4.69, 9.17) is 0 Å². The second-order valence-corrected chi connectivity index (χ2v) is 6.75. The summed E-state index contributed by atoms with van der Waals surface area (Å²) in [5.41, 5.74) is 3.43. The van der Waals surface area contributed by atoms with Gasteiger partial charge in [-0.15, -0.1) is 0 Å². The first-order valence-corrected chi connectivity index (χ1v) is 9.12. The zero-order valence-corrected chi connectivity index (χ0v) is 15.8. The molecule has 2 N–H and O–H groups in total. The quantitative estimate of drug-likeness (QED) is 0.504. The number of hydrogen-bond acceptors (Lipinski definition) is 4. The first kappa shape index (κ1) is 18.4. The van der Waals surface area contributed by atoms with Crippen molar-refractivity contribution >= 4 is 34.5 Å². The largest absolute Gasteiger partial charge is 0.355 e. The standard InChI is InChI=1S/C24H18N2O3/c1-3-19(27)26-22-14(2)13-18(25-15-9-5-4-6-10-15)20-21(22)24(29)17-12-8-7-11-16(17)23(20)28/h3-13,25H,1H2,2H3,(H,26,27). The van der Waals surface area contributed by atoms with Crippen molar-refractivity contribution in [3.8, 4) is 0 Å². The van der Waals surface area contributed by atoms with E-state index in [9.17, 15) is 14.4 Å². The van der Waals surface area contributed by atoms with Crippen molar-refractivity contribution in [1.29, 1.82) is 0 Å². The Morgan fingerprint density at radius 2 is 1.48 bits per heavy atom. The zero-order valence-electron chi connectivity index (χ0n) is 15.8. The molecule has 0 spiro atoms. The third-order valence-corrected chi connectivity index (χ3v) is 4.88. The van der Waals surface area contributed by atoms with Crippen molar-refractivity contribution in [2.45, 2.75) is 6.92 Å². The Bertz CT molecular complexity index is 1180. The maximum atomic E-state index is 13.4. The molecule has 3 aromatic carbocycles. The van der Waals surface area contributed by atoms with Crippen molar-refractivity contribution in [1.82, 2.24) is 0 Å². The highest BCUT2D eigenvalue weighted by atomic mass is 16.2. The molecule has 0 saturated carbocycles. The van der Waals surface area contributed by atoms with E-state index in [1.165, 1.54) is 0 Å². The molecule has 1 aliphatic carbocycles. The number of benzene rings is 3. The fraction of sp³-hybridized carbons (Fsp3) is 0.0417. The van der Waals surface area contributed by atoms with E-state index in [1.54, 1.807) is 37.3 Å². The van der Waals surface area contributed by atoms with Crippen LogP contribution >= 0.6 is 0 Å². The molecule has 3 aromatic rings. The van der Waals surface area contributed by atoms with Crippen LogP contribution in [-0.4, -0.2) is 17.5 Å². The van der Waals surface area contributed by atoms with Gasteiger partial charge in [0.25, 0.3) is 0 Å². The van der Waals surface area contributed by atoms with Crippen LogP contribution in [-0.2, 0) is 4.79 Å². The molecule has 0 radical (unpaired) electrons. The predicted molar refractivity (Wildman–Crippen MR) is 113 cm³/mol. The first-order chi connectivity index (χ1) is 14.0. The van der Waals surface area contributed by atoms with Crippen LogP contribution in [0.4, 0.5) is 17.1 Å². The zero-order chi connectivity index (χ0) is 20.5. The van der Waals surface area contributed by atoms with E-state index >= 15 is 0 Å². The van der Waals surface area contributed by atoms with E-state index in [0.29, 0.717) is 28.1 Å². The number of anilines is 3. The molecule has 5 heteroatoms. The van der Waals surface area contributed by atoms with E-state index in [0.717, 1.165) is 11.8 Å². The molecule has 0 atom stereocenters. The number of ketones is 2. The van der Waals surface area contributed by atoms with Crippen molar-refractivity contribution in [2.24, 2.45) is 0 Å². The number of hydrogen-bond donors (Lipinski definition) is 2. The van der Waals surface area contributed by atoms with E-state index in [1.807, 2.05) is 30.3 Å². The highest BCUT2D eigenvalue weighted by Crippen LogP contribution is 2.39. The molecule has 0 aliphatic heterocycles. The van der Waals surface area contributed by atoms with E-state index in [2.05, 4.69) is 17.2 Å². The van der Waals surface area contributed by atoms with Gasteiger partial charge in [0.15, 0.2) is 11.6 Å². The van der Waals surface area contributed by atoms with E-state index in [-0.39, 0.29) is 22.7 Å². The number of rotatable bonds is 4. The molecule has 0 heterocycles. The fourth-order valence-corrected chi connectivity index (χ4v) is 3.54. The summed E-state index contributed by atoms with van der Waals surface area (Å²) in [4.78, 5) is 38.7. The van der Waals surface area contributed by atoms with Crippen LogP contribution in [0.15, 0.2) is 73.3 Å². The third kappa shape index (κ3) is 3.12. The SMILES string of the molecule is C=CC(=O)Nc1c(C)cc(Nc2ccccc2)c2c1C(=O)c1ccccc1C2=O. The van der Waals surface area contributed by atoms with Gasteiger partial charge in [-0.05, 0) is 36.8 Å². The third-order valence-electron chi connectivity index (χ3n) is 4.88. The lowest BCUT2D eigenvalue weighted by molar-refractivity contribution is -0.111. The number of fused-ring (bicyclic) bond motifs is 2. The number of para-hydroxylation sites is 1. The molecular weight excluding hydrogens is 364 g/mol. The lowest BCUT2D eigenvalue weighted by atomic mass is 9.81. The maximum Gasteiger partial charge on any atom is 0.247 e. The average Bonchev–Trinajstić information content (AvgIpc) is 2.74. The van der Waals surface area contributed by atoms with Gasteiger partial charge in [0.05, 0.1) is 22.5 Å². The summed E-state index contributed by atoms with van der Waals surface area (Å²) in [5, 5.41) is 5.95. The summed E-state index contributed by atoms with van der Waals surface area (Å²) < 4.78 is 0. The van der Waals surface area contributed by atoms with E-state index < -0.39 is 5.91 Å². The smallest absolute Gasteiger partial charge is 0.247 e. The van der Waals surface area contributed by atoms with Gasteiger partial charge in [0.1, 0.15) is 0 Å². The molecular formula is C24H18N2O3. The van der Waals surface area contributed by atoms with Gasteiger partial charge >= 0.3 is 0 Å². The molecule has 0 bridgehead atoms. The van der Waals surface area contributed by atoms with Gasteiger partial charge < -0.3 is 10.6 Å². The molecule has 1 aliphatic rings. The Balaban J connectivity index is 1.97. The molecule has 0 fully saturated rings. The Morgan fingerprint density at radius 1 is 0.897 bits per heavy atom. The van der Waals surface area contributed by atoms with Crippen molar-refractivity contribution in [3.05, 3.63) is 101 Å². The van der Waals surface area contributed by atoms with Crippen LogP contribution in [0.2, 0.25) is 0 Å². The highest BCUT2D eigenvalue weighted by molar-refractivity contribution is 6.32. The van der Waals surface area contributed by atoms with Crippen LogP contribution in [0, 0.1) is 6.92 Å². The fourth-order valence-electron chi connectivity index (χ4n) is 3.54. The van der Waals surface area contributed by atoms with Crippen molar-refractivity contribution in [2.75, 3.05) is 10.6 Å². The van der Waals surface area contributed by atoms with Crippen molar-refractivity contribution < 1.29 is 14.4 Å². The Morgan fingerprint density at radius 3 is 2.10 bits per heavy atom. The second-order valence-electron chi connectivity index (χ2n) is 6.75. The molecule has 0 aromatic heterocycles. The van der Waals surface area contributed by atoms with Gasteiger partial charge in [-0.3, -0.25) is 14.4 Å². The van der Waals surface area contributed by atoms with Gasteiger partial charge in [-0.1, -0.05) is 49.0 Å². The summed E-state index contributed by atoms with van der Waals surface area (Å²) in [6.07, 6.45) is 1.13. The summed E-state index contributed by atoms with van der Waals surface area (Å²) >= 11 is 0.